The predicted octanol–water partition coefficient (Wildman–Crippen LogP) is 6.23. The van der Waals surface area contributed by atoms with Crippen LogP contribution in [-0.2, 0) is 10.0 Å². The summed E-state index contributed by atoms with van der Waals surface area (Å²) in [7, 11) is -3.13. The third-order valence-corrected chi connectivity index (χ3v) is 7.94. The molecule has 1 aliphatic rings. The van der Waals surface area contributed by atoms with Crippen molar-refractivity contribution in [2.24, 2.45) is 5.92 Å². The van der Waals surface area contributed by atoms with Crippen molar-refractivity contribution >= 4 is 21.7 Å². The Hall–Kier alpha value is -3.67. The van der Waals surface area contributed by atoms with Crippen LogP contribution >= 0.6 is 0 Å². The fourth-order valence-corrected chi connectivity index (χ4v) is 5.64. The SMILES string of the molecule is COc1cc(C(=O)O)c(F)cc1NS(=O)(=O)c1cc(-c2ccc([C@H]3CC[C@H](C(F)(F)F)CC3)cc2)ccn1. The Labute approximate surface area is 216 Å². The molecule has 1 heterocycles. The lowest BCUT2D eigenvalue weighted by molar-refractivity contribution is -0.182. The Morgan fingerprint density at radius 1 is 1.03 bits per heavy atom. The number of aromatic nitrogens is 1. The van der Waals surface area contributed by atoms with Gasteiger partial charge in [0.05, 0.1) is 24.3 Å². The van der Waals surface area contributed by atoms with E-state index in [1.807, 2.05) is 12.1 Å². The first kappa shape index (κ1) is 27.4. The van der Waals surface area contributed by atoms with Crippen LogP contribution in [0.5, 0.6) is 5.75 Å². The van der Waals surface area contributed by atoms with Crippen molar-refractivity contribution in [2.75, 3.05) is 11.8 Å². The van der Waals surface area contributed by atoms with Gasteiger partial charge < -0.3 is 9.84 Å². The number of benzene rings is 2. The van der Waals surface area contributed by atoms with Crippen molar-refractivity contribution in [3.8, 4) is 16.9 Å². The molecular weight excluding hydrogens is 528 g/mol. The maximum Gasteiger partial charge on any atom is 0.391 e. The molecule has 0 atom stereocenters. The highest BCUT2D eigenvalue weighted by Gasteiger charge is 2.41. The van der Waals surface area contributed by atoms with E-state index < -0.39 is 39.5 Å². The monoisotopic (exact) mass is 552 g/mol. The van der Waals surface area contributed by atoms with Gasteiger partial charge in [-0.15, -0.1) is 0 Å². The summed E-state index contributed by atoms with van der Waals surface area (Å²) in [4.78, 5) is 15.1. The zero-order valence-electron chi connectivity index (χ0n) is 20.1. The molecule has 3 aromatic rings. The van der Waals surface area contributed by atoms with Crippen molar-refractivity contribution in [2.45, 2.75) is 42.8 Å². The topological polar surface area (TPSA) is 106 Å². The van der Waals surface area contributed by atoms with Crippen molar-refractivity contribution in [1.82, 2.24) is 4.98 Å². The van der Waals surface area contributed by atoms with Crippen LogP contribution in [0.4, 0.5) is 23.2 Å². The van der Waals surface area contributed by atoms with Crippen LogP contribution in [0.2, 0.25) is 0 Å². The third kappa shape index (κ3) is 5.90. The van der Waals surface area contributed by atoms with E-state index in [0.29, 0.717) is 30.0 Å². The third-order valence-electron chi connectivity index (χ3n) is 6.68. The molecule has 0 bridgehead atoms. The normalized spacial score (nSPS) is 18.1. The number of halogens is 4. The largest absolute Gasteiger partial charge is 0.495 e. The van der Waals surface area contributed by atoms with Crippen LogP contribution in [0.3, 0.4) is 0 Å². The fourth-order valence-electron chi connectivity index (χ4n) is 4.60. The molecule has 12 heteroatoms. The molecule has 7 nitrogen and oxygen atoms in total. The molecule has 0 aliphatic heterocycles. The summed E-state index contributed by atoms with van der Waals surface area (Å²) in [6, 6.07) is 11.7. The van der Waals surface area contributed by atoms with Gasteiger partial charge in [0.2, 0.25) is 0 Å². The van der Waals surface area contributed by atoms with E-state index in [-0.39, 0.29) is 35.2 Å². The molecule has 4 rings (SSSR count). The minimum Gasteiger partial charge on any atom is -0.495 e. The van der Waals surface area contributed by atoms with Gasteiger partial charge in [-0.1, -0.05) is 24.3 Å². The van der Waals surface area contributed by atoms with E-state index in [9.17, 15) is 30.8 Å². The Kier molecular flexibility index (Phi) is 7.63. The number of alkyl halides is 3. The number of carboxylic acids is 1. The highest BCUT2D eigenvalue weighted by molar-refractivity contribution is 7.92. The number of carbonyl (C=O) groups is 1. The summed E-state index contributed by atoms with van der Waals surface area (Å²) in [6.07, 6.45) is -1.77. The summed E-state index contributed by atoms with van der Waals surface area (Å²) >= 11 is 0. The van der Waals surface area contributed by atoms with Gasteiger partial charge >= 0.3 is 12.1 Å². The average molecular weight is 553 g/mol. The van der Waals surface area contributed by atoms with Gasteiger partial charge in [0.15, 0.2) is 5.03 Å². The molecule has 2 aromatic carbocycles. The number of nitrogens with one attached hydrogen (secondary N) is 1. The van der Waals surface area contributed by atoms with Gasteiger partial charge in [-0.3, -0.25) is 4.72 Å². The van der Waals surface area contributed by atoms with E-state index in [1.54, 1.807) is 18.2 Å². The molecule has 202 valence electrons. The zero-order chi connectivity index (χ0) is 27.7. The maximum absolute atomic E-state index is 14.2. The van der Waals surface area contributed by atoms with Gasteiger partial charge in [-0.25, -0.2) is 14.2 Å². The second-order valence-electron chi connectivity index (χ2n) is 9.04. The molecule has 0 spiro atoms. The first-order valence-corrected chi connectivity index (χ1v) is 13.1. The van der Waals surface area contributed by atoms with Gasteiger partial charge in [0.25, 0.3) is 10.0 Å². The number of hydrogen-bond acceptors (Lipinski definition) is 5. The molecule has 1 fully saturated rings. The molecule has 0 amide bonds. The molecule has 38 heavy (non-hydrogen) atoms. The predicted molar refractivity (Wildman–Crippen MR) is 131 cm³/mol. The highest BCUT2D eigenvalue weighted by atomic mass is 32.2. The second-order valence-corrected chi connectivity index (χ2v) is 10.7. The number of hydrogen-bond donors (Lipinski definition) is 2. The van der Waals surface area contributed by atoms with E-state index >= 15 is 0 Å². The average Bonchev–Trinajstić information content (AvgIpc) is 2.88. The van der Waals surface area contributed by atoms with E-state index in [1.165, 1.54) is 19.4 Å². The number of sulfonamides is 1. The lowest BCUT2D eigenvalue weighted by atomic mass is 9.78. The first-order valence-electron chi connectivity index (χ1n) is 11.7. The number of rotatable bonds is 7. The molecule has 2 N–H and O–H groups in total. The van der Waals surface area contributed by atoms with Crippen molar-refractivity contribution < 1.29 is 40.6 Å². The zero-order valence-corrected chi connectivity index (χ0v) is 20.9. The smallest absolute Gasteiger partial charge is 0.391 e. The van der Waals surface area contributed by atoms with Gasteiger partial charge in [0.1, 0.15) is 11.6 Å². The Balaban J connectivity index is 1.53. The van der Waals surface area contributed by atoms with Gasteiger partial charge in [-0.2, -0.15) is 21.6 Å². The number of nitrogens with zero attached hydrogens (tertiary/aromatic N) is 1. The van der Waals surface area contributed by atoms with Crippen LogP contribution in [0.15, 0.2) is 59.8 Å². The quantitative estimate of drug-likeness (QED) is 0.337. The number of carboxylic acid groups (broad SMARTS) is 1. The van der Waals surface area contributed by atoms with Crippen LogP contribution < -0.4 is 9.46 Å². The van der Waals surface area contributed by atoms with Gasteiger partial charge in [-0.05, 0) is 66.5 Å². The lowest BCUT2D eigenvalue weighted by Crippen LogP contribution is -2.27. The Bertz CT molecular complexity index is 1430. The molecule has 1 aromatic heterocycles. The van der Waals surface area contributed by atoms with Gasteiger partial charge in [0, 0.05) is 12.3 Å². The van der Waals surface area contributed by atoms with Crippen LogP contribution in [0.25, 0.3) is 11.1 Å². The molecule has 0 unspecified atom stereocenters. The van der Waals surface area contributed by atoms with Crippen LogP contribution in [-0.4, -0.2) is 37.8 Å². The summed E-state index contributed by atoms with van der Waals surface area (Å²) < 4.78 is 86.2. The van der Waals surface area contributed by atoms with E-state index in [2.05, 4.69) is 9.71 Å². The minimum atomic E-state index is -4.32. The number of aromatic carboxylic acids is 1. The van der Waals surface area contributed by atoms with E-state index in [4.69, 9.17) is 9.84 Å². The van der Waals surface area contributed by atoms with Crippen molar-refractivity contribution in [3.05, 3.63) is 71.7 Å². The molecule has 1 aliphatic carbocycles. The summed E-state index contributed by atoms with van der Waals surface area (Å²) in [6.45, 7) is 0. The number of ether oxygens (including phenoxy) is 1. The Morgan fingerprint density at radius 2 is 1.68 bits per heavy atom. The van der Waals surface area contributed by atoms with Crippen LogP contribution in [0.1, 0.15) is 47.5 Å². The standard InChI is InChI=1S/C26H24F4N2O5S/c1-37-23-13-20(25(33)34)21(27)14-22(23)32-38(35,36)24-12-18(10-11-31-24)17-4-2-15(3-5-17)16-6-8-19(9-7-16)26(28,29)30/h2-5,10-14,16,19,32H,6-9H2,1H3,(H,33,34)/t16-,19-. The first-order chi connectivity index (χ1) is 17.9. The number of anilines is 1. The fraction of sp³-hybridized carbons (Fsp3) is 0.308. The van der Waals surface area contributed by atoms with E-state index in [0.717, 1.165) is 11.6 Å². The lowest BCUT2D eigenvalue weighted by Gasteiger charge is -2.30. The highest BCUT2D eigenvalue weighted by Crippen LogP contribution is 2.43. The molecule has 1 saturated carbocycles. The molecule has 0 saturated heterocycles. The summed E-state index contributed by atoms with van der Waals surface area (Å²) in [5, 5.41) is 8.71. The van der Waals surface area contributed by atoms with Crippen LogP contribution in [0, 0.1) is 11.7 Å². The second kappa shape index (κ2) is 10.6. The van der Waals surface area contributed by atoms with Crippen molar-refractivity contribution in [1.29, 1.82) is 0 Å². The molecule has 0 radical (unpaired) electrons. The minimum absolute atomic E-state index is 0.0307. The maximum atomic E-state index is 14.2. The molecular formula is C26H24F4N2O5S. The number of pyridine rings is 1. The summed E-state index contributed by atoms with van der Waals surface area (Å²) in [5.41, 5.74) is 1.14. The Morgan fingerprint density at radius 3 is 2.26 bits per heavy atom. The summed E-state index contributed by atoms with van der Waals surface area (Å²) in [5.74, 6) is -4.10. The van der Waals surface area contributed by atoms with Crippen molar-refractivity contribution in [3.63, 3.8) is 0 Å². The number of methoxy groups -OCH3 is 1.